The Labute approximate surface area is 102 Å². The van der Waals surface area contributed by atoms with Crippen molar-refractivity contribution in [2.75, 3.05) is 20.0 Å². The quantitative estimate of drug-likeness (QED) is 0.428. The summed E-state index contributed by atoms with van der Waals surface area (Å²) in [5.74, 6) is 1.01. The monoisotopic (exact) mass is 238 g/mol. The van der Waals surface area contributed by atoms with Gasteiger partial charge in [-0.25, -0.2) is 0 Å². The highest BCUT2D eigenvalue weighted by Gasteiger charge is 2.07. The van der Waals surface area contributed by atoms with Gasteiger partial charge in [0, 0.05) is 30.4 Å². The maximum Gasteiger partial charge on any atom is 0.183 e. The van der Waals surface area contributed by atoms with E-state index in [1.807, 2.05) is 30.8 Å². The molecule has 3 heteroatoms. The summed E-state index contributed by atoms with van der Waals surface area (Å²) in [6.07, 6.45) is 3.94. The van der Waals surface area contributed by atoms with Gasteiger partial charge in [0.05, 0.1) is 0 Å². The van der Waals surface area contributed by atoms with E-state index in [2.05, 4.69) is 24.3 Å². The van der Waals surface area contributed by atoms with Crippen molar-refractivity contribution in [3.63, 3.8) is 0 Å². The molecule has 0 bridgehead atoms. The molecule has 0 saturated carbocycles. The average Bonchev–Trinajstić information content (AvgIpc) is 2.33. The molecule has 0 N–H and O–H groups in total. The Morgan fingerprint density at radius 2 is 1.81 bits per heavy atom. The van der Waals surface area contributed by atoms with E-state index in [0.717, 1.165) is 11.3 Å². The van der Waals surface area contributed by atoms with Gasteiger partial charge in [-0.05, 0) is 19.1 Å². The Morgan fingerprint density at radius 3 is 2.31 bits per heavy atom. The fourth-order valence-corrected chi connectivity index (χ4v) is 2.14. The summed E-state index contributed by atoms with van der Waals surface area (Å²) in [4.78, 5) is 1.26. The highest BCUT2D eigenvalue weighted by molar-refractivity contribution is 7.99. The molecular weight excluding hydrogens is 220 g/mol. The lowest BCUT2D eigenvalue weighted by Gasteiger charge is -2.13. The van der Waals surface area contributed by atoms with E-state index < -0.39 is 0 Å². The first-order valence-corrected chi connectivity index (χ1v) is 6.20. The third kappa shape index (κ3) is 4.00. The highest BCUT2D eigenvalue weighted by Crippen LogP contribution is 2.22. The van der Waals surface area contributed by atoms with Gasteiger partial charge >= 0.3 is 0 Å². The molecule has 0 spiro atoms. The summed E-state index contributed by atoms with van der Waals surface area (Å²) in [7, 11) is 3.28. The smallest absolute Gasteiger partial charge is 0.183 e. The van der Waals surface area contributed by atoms with Gasteiger partial charge in [-0.15, -0.1) is 11.8 Å². The zero-order valence-corrected chi connectivity index (χ0v) is 10.8. The minimum Gasteiger partial charge on any atom is -0.352 e. The molecule has 1 aromatic carbocycles. The van der Waals surface area contributed by atoms with Gasteiger partial charge in [-0.2, -0.15) is 0 Å². The van der Waals surface area contributed by atoms with Gasteiger partial charge in [-0.1, -0.05) is 24.3 Å². The Bertz CT molecular complexity index is 315. The lowest BCUT2D eigenvalue weighted by atomic mass is 10.2. The fraction of sp³-hybridized carbons (Fsp3) is 0.385. The molecule has 0 saturated heterocycles. The highest BCUT2D eigenvalue weighted by atomic mass is 32.2. The van der Waals surface area contributed by atoms with Crippen LogP contribution in [0.2, 0.25) is 0 Å². The van der Waals surface area contributed by atoms with Gasteiger partial charge < -0.3 is 9.47 Å². The van der Waals surface area contributed by atoms with Crippen molar-refractivity contribution in [1.29, 1.82) is 0 Å². The van der Waals surface area contributed by atoms with Gasteiger partial charge in [0.25, 0.3) is 0 Å². The molecule has 1 aromatic rings. The molecule has 0 aliphatic rings. The molecule has 0 atom stereocenters. The average molecular weight is 238 g/mol. The van der Waals surface area contributed by atoms with E-state index in [1.165, 1.54) is 4.90 Å². The third-order valence-corrected chi connectivity index (χ3v) is 3.13. The fourth-order valence-electron chi connectivity index (χ4n) is 1.33. The molecule has 0 radical (unpaired) electrons. The van der Waals surface area contributed by atoms with E-state index in [-0.39, 0.29) is 6.29 Å². The molecule has 88 valence electrons. The molecule has 16 heavy (non-hydrogen) atoms. The molecule has 2 nitrogen and oxygen atoms in total. The number of thioether (sulfide) groups is 1. The molecule has 0 aliphatic heterocycles. The maximum atomic E-state index is 5.18. The van der Waals surface area contributed by atoms with Crippen molar-refractivity contribution in [2.24, 2.45) is 0 Å². The summed E-state index contributed by atoms with van der Waals surface area (Å²) in [6.45, 7) is 2.03. The van der Waals surface area contributed by atoms with Crippen LogP contribution in [-0.4, -0.2) is 20.0 Å². The first-order chi connectivity index (χ1) is 7.81. The van der Waals surface area contributed by atoms with E-state index in [4.69, 9.17) is 9.47 Å². The number of hydrogen-bond donors (Lipinski definition) is 0. The number of ether oxygens (including phenoxy) is 2. The number of benzene rings is 1. The Balaban J connectivity index is 2.59. The first-order valence-electron chi connectivity index (χ1n) is 5.21. The van der Waals surface area contributed by atoms with Crippen LogP contribution < -0.4 is 0 Å². The number of methoxy groups -OCH3 is 2. The van der Waals surface area contributed by atoms with Crippen LogP contribution in [-0.2, 0) is 9.47 Å². The van der Waals surface area contributed by atoms with Crippen LogP contribution in [0.4, 0.5) is 0 Å². The number of rotatable bonds is 6. The normalized spacial score (nSPS) is 11.5. The van der Waals surface area contributed by atoms with E-state index in [1.54, 1.807) is 14.2 Å². The van der Waals surface area contributed by atoms with Gasteiger partial charge in [-0.3, -0.25) is 0 Å². The summed E-state index contributed by atoms with van der Waals surface area (Å²) < 4.78 is 10.4. The van der Waals surface area contributed by atoms with E-state index in [0.29, 0.717) is 0 Å². The van der Waals surface area contributed by atoms with Crippen LogP contribution in [0.3, 0.4) is 0 Å². The molecule has 0 aliphatic carbocycles. The Kier molecular flexibility index (Phi) is 6.23. The van der Waals surface area contributed by atoms with E-state index >= 15 is 0 Å². The maximum absolute atomic E-state index is 5.18. The van der Waals surface area contributed by atoms with Crippen molar-refractivity contribution in [2.45, 2.75) is 18.1 Å². The van der Waals surface area contributed by atoms with Crippen LogP contribution in [0, 0.1) is 0 Å². The predicted octanol–water partition coefficient (Wildman–Crippen LogP) is 3.65. The first kappa shape index (κ1) is 13.3. The summed E-state index contributed by atoms with van der Waals surface area (Å²) >= 11 is 1.81. The van der Waals surface area contributed by atoms with Crippen LogP contribution in [0.25, 0.3) is 0 Å². The standard InChI is InChI=1S/C13H18O2S/c1-4-5-10-16-12-8-6-11(7-9-12)13(14-2)15-3/h4-9,13H,10H2,1-3H3/b5-4+. The minimum atomic E-state index is -0.269. The second kappa shape index (κ2) is 7.49. The minimum absolute atomic E-state index is 0.269. The van der Waals surface area contributed by atoms with E-state index in [9.17, 15) is 0 Å². The van der Waals surface area contributed by atoms with Gasteiger partial charge in [0.1, 0.15) is 0 Å². The number of hydrogen-bond acceptors (Lipinski definition) is 3. The van der Waals surface area contributed by atoms with Crippen molar-refractivity contribution >= 4 is 11.8 Å². The van der Waals surface area contributed by atoms with Crippen LogP contribution in [0.1, 0.15) is 18.8 Å². The zero-order chi connectivity index (χ0) is 11.8. The lowest BCUT2D eigenvalue weighted by molar-refractivity contribution is -0.106. The van der Waals surface area contributed by atoms with Crippen molar-refractivity contribution in [3.05, 3.63) is 42.0 Å². The molecule has 0 aromatic heterocycles. The van der Waals surface area contributed by atoms with Crippen LogP contribution in [0.15, 0.2) is 41.3 Å². The Hall–Kier alpha value is -0.770. The molecule has 0 unspecified atom stereocenters. The molecule has 0 heterocycles. The summed E-state index contributed by atoms with van der Waals surface area (Å²) in [5, 5.41) is 0. The van der Waals surface area contributed by atoms with Crippen molar-refractivity contribution < 1.29 is 9.47 Å². The largest absolute Gasteiger partial charge is 0.352 e. The van der Waals surface area contributed by atoms with Gasteiger partial charge in [0.15, 0.2) is 6.29 Å². The topological polar surface area (TPSA) is 18.5 Å². The molecule has 0 amide bonds. The van der Waals surface area contributed by atoms with Crippen molar-refractivity contribution in [3.8, 4) is 0 Å². The third-order valence-electron chi connectivity index (χ3n) is 2.16. The second-order valence-corrected chi connectivity index (χ2v) is 4.35. The molecular formula is C13H18O2S. The second-order valence-electron chi connectivity index (χ2n) is 3.25. The SMILES string of the molecule is C/C=C/CSc1ccc(C(OC)OC)cc1. The van der Waals surface area contributed by atoms with Crippen LogP contribution in [0.5, 0.6) is 0 Å². The molecule has 1 rings (SSSR count). The van der Waals surface area contributed by atoms with Crippen molar-refractivity contribution in [1.82, 2.24) is 0 Å². The Morgan fingerprint density at radius 1 is 1.19 bits per heavy atom. The number of allylic oxidation sites excluding steroid dienone is 1. The molecule has 0 fully saturated rings. The predicted molar refractivity (Wildman–Crippen MR) is 68.7 cm³/mol. The zero-order valence-electron chi connectivity index (χ0n) is 9.97. The lowest BCUT2D eigenvalue weighted by Crippen LogP contribution is -2.02. The van der Waals surface area contributed by atoms with Crippen LogP contribution >= 0.6 is 11.8 Å². The summed E-state index contributed by atoms with van der Waals surface area (Å²) in [6, 6.07) is 8.26. The summed E-state index contributed by atoms with van der Waals surface area (Å²) in [5.41, 5.74) is 1.04. The van der Waals surface area contributed by atoms with Gasteiger partial charge in [0.2, 0.25) is 0 Å².